The zero-order valence-corrected chi connectivity index (χ0v) is 23.7. The Morgan fingerprint density at radius 2 is 1.18 bits per heavy atom. The van der Waals surface area contributed by atoms with Crippen molar-refractivity contribution in [1.29, 1.82) is 0 Å². The summed E-state index contributed by atoms with van der Waals surface area (Å²) in [6.45, 7) is 0.273. The van der Waals surface area contributed by atoms with E-state index >= 15 is 0 Å². The molecule has 1 N–H and O–H groups in total. The predicted molar refractivity (Wildman–Crippen MR) is 152 cm³/mol. The van der Waals surface area contributed by atoms with Crippen molar-refractivity contribution < 1.29 is 42.3 Å². The standard InChI is InChI=1S/C30H34FNO8/c1-34-24-17-22(32-11-10-23(33)20-15-27(37-4)30(40-7)28(16-20)38-5)19(14-21(24)31)9-8-18-12-25(35-2)29(39-6)26(13-18)36-3/h8-9,12-17,32H,10-11H2,1-7H3/b9-8-. The van der Waals surface area contributed by atoms with Gasteiger partial charge in [0.25, 0.3) is 0 Å². The number of carbonyl (C=O) groups excluding carboxylic acids is 1. The van der Waals surface area contributed by atoms with Crippen molar-refractivity contribution in [2.24, 2.45) is 0 Å². The van der Waals surface area contributed by atoms with Gasteiger partial charge in [0.1, 0.15) is 0 Å². The van der Waals surface area contributed by atoms with Crippen LogP contribution in [0.2, 0.25) is 0 Å². The molecule has 0 saturated heterocycles. The van der Waals surface area contributed by atoms with Crippen LogP contribution in [0.5, 0.6) is 40.2 Å². The minimum absolute atomic E-state index is 0.0726. The maximum atomic E-state index is 14.6. The smallest absolute Gasteiger partial charge is 0.203 e. The van der Waals surface area contributed by atoms with Gasteiger partial charge in [-0.15, -0.1) is 0 Å². The summed E-state index contributed by atoms with van der Waals surface area (Å²) in [5.41, 5.74) is 2.29. The third-order valence-electron chi connectivity index (χ3n) is 6.12. The second-order valence-electron chi connectivity index (χ2n) is 8.38. The number of hydrogen-bond acceptors (Lipinski definition) is 9. The average Bonchev–Trinajstić information content (AvgIpc) is 2.98. The second kappa shape index (κ2) is 14.0. The van der Waals surface area contributed by atoms with Gasteiger partial charge in [-0.25, -0.2) is 4.39 Å². The summed E-state index contributed by atoms with van der Waals surface area (Å²) in [5, 5.41) is 3.22. The summed E-state index contributed by atoms with van der Waals surface area (Å²) in [7, 11) is 10.5. The van der Waals surface area contributed by atoms with Crippen LogP contribution in [0.25, 0.3) is 12.2 Å². The minimum atomic E-state index is -0.522. The van der Waals surface area contributed by atoms with E-state index in [1.165, 1.54) is 55.8 Å². The molecule has 3 aromatic carbocycles. The number of hydrogen-bond donors (Lipinski definition) is 1. The van der Waals surface area contributed by atoms with Gasteiger partial charge in [-0.1, -0.05) is 12.2 Å². The quantitative estimate of drug-likeness (QED) is 0.197. The lowest BCUT2D eigenvalue weighted by Gasteiger charge is -2.15. The Hall–Kier alpha value is -4.60. The number of anilines is 1. The van der Waals surface area contributed by atoms with E-state index in [0.717, 1.165) is 5.56 Å². The molecule has 0 spiro atoms. The highest BCUT2D eigenvalue weighted by atomic mass is 19.1. The highest BCUT2D eigenvalue weighted by molar-refractivity contribution is 5.97. The number of carbonyl (C=O) groups is 1. The summed E-state index contributed by atoms with van der Waals surface area (Å²) in [4.78, 5) is 13.0. The molecule has 0 radical (unpaired) electrons. The molecular weight excluding hydrogens is 521 g/mol. The molecule has 214 valence electrons. The Morgan fingerprint density at radius 3 is 1.65 bits per heavy atom. The van der Waals surface area contributed by atoms with E-state index in [1.54, 1.807) is 42.5 Å². The van der Waals surface area contributed by atoms with Crippen LogP contribution in [0.3, 0.4) is 0 Å². The third kappa shape index (κ3) is 6.69. The van der Waals surface area contributed by atoms with Gasteiger partial charge in [-0.3, -0.25) is 4.79 Å². The molecule has 3 aromatic rings. The van der Waals surface area contributed by atoms with Gasteiger partial charge in [-0.2, -0.15) is 0 Å². The lowest BCUT2D eigenvalue weighted by molar-refractivity contribution is 0.0985. The van der Waals surface area contributed by atoms with Crippen LogP contribution >= 0.6 is 0 Å². The molecule has 0 aliphatic rings. The Labute approximate surface area is 233 Å². The Bertz CT molecular complexity index is 1320. The number of methoxy groups -OCH3 is 7. The fourth-order valence-electron chi connectivity index (χ4n) is 4.10. The summed E-state index contributed by atoms with van der Waals surface area (Å²) in [6, 6.07) is 9.68. The summed E-state index contributed by atoms with van der Waals surface area (Å²) < 4.78 is 52.0. The molecule has 0 aliphatic carbocycles. The second-order valence-corrected chi connectivity index (χ2v) is 8.38. The fraction of sp³-hybridized carbons (Fsp3) is 0.300. The van der Waals surface area contributed by atoms with Crippen LogP contribution < -0.4 is 38.5 Å². The summed E-state index contributed by atoms with van der Waals surface area (Å²) >= 11 is 0. The molecular formula is C30H34FNO8. The molecule has 10 heteroatoms. The molecule has 0 atom stereocenters. The molecule has 0 fully saturated rings. The summed E-state index contributed by atoms with van der Waals surface area (Å²) in [6.07, 6.45) is 3.68. The first kappa shape index (κ1) is 29.9. The number of rotatable bonds is 14. The van der Waals surface area contributed by atoms with Crippen molar-refractivity contribution >= 4 is 23.6 Å². The number of ketones is 1. The Kier molecular flexibility index (Phi) is 10.5. The zero-order valence-electron chi connectivity index (χ0n) is 23.7. The molecule has 0 bridgehead atoms. The number of nitrogens with one attached hydrogen (secondary N) is 1. The van der Waals surface area contributed by atoms with Crippen molar-refractivity contribution in [1.82, 2.24) is 0 Å². The maximum Gasteiger partial charge on any atom is 0.203 e. The normalized spacial score (nSPS) is 10.7. The van der Waals surface area contributed by atoms with Gasteiger partial charge < -0.3 is 38.5 Å². The van der Waals surface area contributed by atoms with Crippen LogP contribution in [0.1, 0.15) is 27.9 Å². The van der Waals surface area contributed by atoms with Crippen molar-refractivity contribution in [3.8, 4) is 40.2 Å². The van der Waals surface area contributed by atoms with Crippen LogP contribution in [0, 0.1) is 5.82 Å². The highest BCUT2D eigenvalue weighted by Crippen LogP contribution is 2.40. The van der Waals surface area contributed by atoms with Crippen LogP contribution in [-0.2, 0) is 0 Å². The first-order chi connectivity index (χ1) is 19.3. The van der Waals surface area contributed by atoms with Gasteiger partial charge >= 0.3 is 0 Å². The van der Waals surface area contributed by atoms with Crippen molar-refractivity contribution in [3.05, 3.63) is 58.9 Å². The number of ether oxygens (including phenoxy) is 7. The molecule has 0 aliphatic heterocycles. The third-order valence-corrected chi connectivity index (χ3v) is 6.12. The van der Waals surface area contributed by atoms with Gasteiger partial charge in [0.15, 0.2) is 40.3 Å². The van der Waals surface area contributed by atoms with Crippen LogP contribution in [-0.4, -0.2) is 62.1 Å². The lowest BCUT2D eigenvalue weighted by atomic mass is 10.1. The summed E-state index contributed by atoms with van der Waals surface area (Å²) in [5.74, 6) is 2.04. The molecule has 0 unspecified atom stereocenters. The van der Waals surface area contributed by atoms with Crippen molar-refractivity contribution in [2.75, 3.05) is 61.6 Å². The lowest BCUT2D eigenvalue weighted by Crippen LogP contribution is -2.10. The maximum absolute atomic E-state index is 14.6. The molecule has 3 rings (SSSR count). The number of Topliss-reactive ketones (excluding diaryl/α,β-unsaturated/α-hetero) is 1. The molecule has 0 heterocycles. The van der Waals surface area contributed by atoms with E-state index in [-0.39, 0.29) is 24.5 Å². The molecule has 0 saturated carbocycles. The Morgan fingerprint density at radius 1 is 0.675 bits per heavy atom. The minimum Gasteiger partial charge on any atom is -0.494 e. The van der Waals surface area contributed by atoms with Crippen molar-refractivity contribution in [3.63, 3.8) is 0 Å². The van der Waals surface area contributed by atoms with Gasteiger partial charge in [0.2, 0.25) is 11.5 Å². The molecule has 0 aromatic heterocycles. The number of benzene rings is 3. The topological polar surface area (TPSA) is 93.7 Å². The average molecular weight is 556 g/mol. The first-order valence-electron chi connectivity index (χ1n) is 12.3. The molecule has 0 amide bonds. The number of halogens is 1. The van der Waals surface area contributed by atoms with Crippen LogP contribution in [0.4, 0.5) is 10.1 Å². The monoisotopic (exact) mass is 555 g/mol. The van der Waals surface area contributed by atoms with E-state index in [4.69, 9.17) is 33.2 Å². The van der Waals surface area contributed by atoms with Gasteiger partial charge in [-0.05, 0) is 35.9 Å². The molecule has 9 nitrogen and oxygen atoms in total. The van der Waals surface area contributed by atoms with Crippen LogP contribution in [0.15, 0.2) is 36.4 Å². The van der Waals surface area contributed by atoms with E-state index in [9.17, 15) is 9.18 Å². The zero-order chi connectivity index (χ0) is 29.2. The first-order valence-corrected chi connectivity index (χ1v) is 12.3. The van der Waals surface area contributed by atoms with E-state index in [1.807, 2.05) is 0 Å². The van der Waals surface area contributed by atoms with E-state index in [0.29, 0.717) is 51.3 Å². The fourth-order valence-corrected chi connectivity index (χ4v) is 4.10. The largest absolute Gasteiger partial charge is 0.494 e. The molecule has 40 heavy (non-hydrogen) atoms. The van der Waals surface area contributed by atoms with Gasteiger partial charge in [0.05, 0.1) is 49.8 Å². The predicted octanol–water partition coefficient (Wildman–Crippen LogP) is 5.74. The van der Waals surface area contributed by atoms with Gasteiger partial charge in [0, 0.05) is 35.8 Å². The Balaban J connectivity index is 1.85. The van der Waals surface area contributed by atoms with Crippen molar-refractivity contribution in [2.45, 2.75) is 6.42 Å². The van der Waals surface area contributed by atoms with E-state index < -0.39 is 5.82 Å². The SMILES string of the molecule is COc1cc(NCCC(=O)c2cc(OC)c(OC)c(OC)c2)c(/C=C\c2cc(OC)c(OC)c(OC)c2)cc1F. The van der Waals surface area contributed by atoms with E-state index in [2.05, 4.69) is 5.32 Å². The highest BCUT2D eigenvalue weighted by Gasteiger charge is 2.17.